The van der Waals surface area contributed by atoms with Crippen LogP contribution in [0.4, 0.5) is 0 Å². The van der Waals surface area contributed by atoms with E-state index >= 15 is 0 Å². The van der Waals surface area contributed by atoms with Crippen LogP contribution >= 0.6 is 11.6 Å². The summed E-state index contributed by atoms with van der Waals surface area (Å²) in [7, 11) is 0. The zero-order valence-corrected chi connectivity index (χ0v) is 15.2. The Morgan fingerprint density at radius 2 is 1.67 bits per heavy atom. The van der Waals surface area contributed by atoms with Gasteiger partial charge >= 0.3 is 0 Å². The fourth-order valence-electron chi connectivity index (χ4n) is 3.39. The van der Waals surface area contributed by atoms with E-state index in [-0.39, 0.29) is 5.76 Å². The molecule has 1 aliphatic rings. The smallest absolute Gasteiger partial charge is 0.290 e. The van der Waals surface area contributed by atoms with Crippen molar-refractivity contribution < 1.29 is 9.90 Å². The summed E-state index contributed by atoms with van der Waals surface area (Å²) in [6.45, 7) is 0.299. The molecule has 1 aromatic heterocycles. The molecule has 0 bridgehead atoms. The lowest BCUT2D eigenvalue weighted by atomic mass is 9.93. The Hall–Kier alpha value is -3.11. The summed E-state index contributed by atoms with van der Waals surface area (Å²) in [4.78, 5) is 18.9. The maximum absolute atomic E-state index is 12.9. The fourth-order valence-corrected chi connectivity index (χ4v) is 3.51. The molecule has 134 valence electrons. The van der Waals surface area contributed by atoms with E-state index in [1.807, 2.05) is 60.7 Å². The fraction of sp³-hybridized carbons (Fsp3) is 0.0909. The second kappa shape index (κ2) is 7.25. The number of hydrogen-bond donors (Lipinski definition) is 1. The van der Waals surface area contributed by atoms with Gasteiger partial charge in [0.05, 0.1) is 18.3 Å². The lowest BCUT2D eigenvalue weighted by Crippen LogP contribution is -2.30. The second-order valence-electron chi connectivity index (χ2n) is 6.34. The molecule has 1 amide bonds. The van der Waals surface area contributed by atoms with Crippen LogP contribution in [0.2, 0.25) is 5.02 Å². The van der Waals surface area contributed by atoms with Gasteiger partial charge in [-0.25, -0.2) is 0 Å². The molecule has 5 heteroatoms. The zero-order chi connectivity index (χ0) is 18.8. The average molecular weight is 377 g/mol. The minimum absolute atomic E-state index is 0.225. The number of halogens is 1. The van der Waals surface area contributed by atoms with E-state index in [9.17, 15) is 9.90 Å². The van der Waals surface area contributed by atoms with Gasteiger partial charge in [-0.15, -0.1) is 0 Å². The normalized spacial score (nSPS) is 16.9. The van der Waals surface area contributed by atoms with Gasteiger partial charge in [-0.1, -0.05) is 60.1 Å². The molecule has 2 heterocycles. The zero-order valence-electron chi connectivity index (χ0n) is 14.4. The lowest BCUT2D eigenvalue weighted by molar-refractivity contribution is -0.130. The van der Waals surface area contributed by atoms with Gasteiger partial charge in [-0.05, 0) is 35.4 Å². The summed E-state index contributed by atoms with van der Waals surface area (Å²) in [5, 5.41) is 11.3. The Bertz CT molecular complexity index is 986. The van der Waals surface area contributed by atoms with E-state index in [1.165, 1.54) is 0 Å². The van der Waals surface area contributed by atoms with Gasteiger partial charge in [0.1, 0.15) is 0 Å². The van der Waals surface area contributed by atoms with Crippen molar-refractivity contribution in [3.63, 3.8) is 0 Å². The predicted octanol–water partition coefficient (Wildman–Crippen LogP) is 4.79. The van der Waals surface area contributed by atoms with Crippen molar-refractivity contribution in [3.8, 4) is 0 Å². The van der Waals surface area contributed by atoms with E-state index in [0.717, 1.165) is 16.8 Å². The first-order valence-corrected chi connectivity index (χ1v) is 8.98. The van der Waals surface area contributed by atoms with E-state index < -0.39 is 11.9 Å². The molecule has 0 fully saturated rings. The number of rotatable bonds is 4. The highest BCUT2D eigenvalue weighted by molar-refractivity contribution is 6.30. The summed E-state index contributed by atoms with van der Waals surface area (Å²) < 4.78 is 0. The average Bonchev–Trinajstić information content (AvgIpc) is 2.95. The monoisotopic (exact) mass is 376 g/mol. The molecular formula is C22H17ClN2O2. The van der Waals surface area contributed by atoms with Crippen LogP contribution in [0.5, 0.6) is 0 Å². The number of carbonyl (C=O) groups excluding carboxylic acids is 1. The van der Waals surface area contributed by atoms with Gasteiger partial charge in [0.15, 0.2) is 5.76 Å². The Morgan fingerprint density at radius 1 is 0.963 bits per heavy atom. The molecule has 0 saturated heterocycles. The largest absolute Gasteiger partial charge is 0.503 e. The summed E-state index contributed by atoms with van der Waals surface area (Å²) in [5.41, 5.74) is 3.05. The van der Waals surface area contributed by atoms with Gasteiger partial charge in [-0.2, -0.15) is 0 Å². The third kappa shape index (κ3) is 3.32. The molecule has 27 heavy (non-hydrogen) atoms. The third-order valence-electron chi connectivity index (χ3n) is 4.63. The lowest BCUT2D eigenvalue weighted by Gasteiger charge is -2.27. The summed E-state index contributed by atoms with van der Waals surface area (Å²) in [6, 6.07) is 22.0. The number of aliphatic hydroxyl groups is 1. The van der Waals surface area contributed by atoms with Crippen molar-refractivity contribution in [3.05, 3.63) is 107 Å². The number of aromatic nitrogens is 1. The maximum atomic E-state index is 12.9. The number of benzene rings is 2. The van der Waals surface area contributed by atoms with Crippen LogP contribution in [0.1, 0.15) is 22.9 Å². The first-order chi connectivity index (χ1) is 13.1. The molecular weight excluding hydrogens is 360 g/mol. The number of aliphatic hydroxyl groups excluding tert-OH is 1. The topological polar surface area (TPSA) is 53.4 Å². The van der Waals surface area contributed by atoms with E-state index in [2.05, 4.69) is 4.98 Å². The van der Waals surface area contributed by atoms with Crippen LogP contribution in [-0.2, 0) is 11.3 Å². The number of amides is 1. The van der Waals surface area contributed by atoms with Crippen LogP contribution in [-0.4, -0.2) is 20.9 Å². The third-order valence-corrected chi connectivity index (χ3v) is 4.88. The molecule has 0 saturated carbocycles. The summed E-state index contributed by atoms with van der Waals surface area (Å²) in [5.74, 6) is -0.628. The molecule has 0 radical (unpaired) electrons. The van der Waals surface area contributed by atoms with Gasteiger partial charge in [0.25, 0.3) is 5.91 Å². The van der Waals surface area contributed by atoms with Crippen molar-refractivity contribution in [2.24, 2.45) is 0 Å². The molecule has 4 rings (SSSR count). The molecule has 3 aromatic rings. The van der Waals surface area contributed by atoms with E-state index in [1.54, 1.807) is 23.2 Å². The number of pyridine rings is 1. The van der Waals surface area contributed by atoms with Crippen molar-refractivity contribution in [2.75, 3.05) is 0 Å². The van der Waals surface area contributed by atoms with Crippen molar-refractivity contribution >= 4 is 23.1 Å². The highest BCUT2D eigenvalue weighted by atomic mass is 35.5. The van der Waals surface area contributed by atoms with Gasteiger partial charge in [0, 0.05) is 16.8 Å². The SMILES string of the molecule is O=C1C(O)=C(c2ccccc2)[C@@H](c2ccc(Cl)cc2)N1Cc1ccccn1. The Labute approximate surface area is 162 Å². The van der Waals surface area contributed by atoms with Crippen LogP contribution in [0.3, 0.4) is 0 Å². The van der Waals surface area contributed by atoms with E-state index in [4.69, 9.17) is 11.6 Å². The maximum Gasteiger partial charge on any atom is 0.290 e. The molecule has 1 atom stereocenters. The number of nitrogens with zero attached hydrogens (tertiary/aromatic N) is 2. The Morgan fingerprint density at radius 3 is 2.33 bits per heavy atom. The highest BCUT2D eigenvalue weighted by Crippen LogP contribution is 2.43. The predicted molar refractivity (Wildman–Crippen MR) is 105 cm³/mol. The minimum atomic E-state index is -0.417. The van der Waals surface area contributed by atoms with Gasteiger partial charge in [-0.3, -0.25) is 9.78 Å². The molecule has 0 aliphatic carbocycles. The van der Waals surface area contributed by atoms with Crippen molar-refractivity contribution in [2.45, 2.75) is 12.6 Å². The molecule has 4 nitrogen and oxygen atoms in total. The highest BCUT2D eigenvalue weighted by Gasteiger charge is 2.41. The molecule has 0 unspecified atom stereocenters. The number of hydrogen-bond acceptors (Lipinski definition) is 3. The van der Waals surface area contributed by atoms with Gasteiger partial charge in [0.2, 0.25) is 0 Å². The Balaban J connectivity index is 1.81. The van der Waals surface area contributed by atoms with Gasteiger partial charge < -0.3 is 10.0 Å². The van der Waals surface area contributed by atoms with E-state index in [0.29, 0.717) is 17.1 Å². The van der Waals surface area contributed by atoms with Crippen LogP contribution in [0, 0.1) is 0 Å². The minimum Gasteiger partial charge on any atom is -0.503 e. The molecule has 2 aromatic carbocycles. The molecule has 1 aliphatic heterocycles. The summed E-state index contributed by atoms with van der Waals surface area (Å²) >= 11 is 6.04. The van der Waals surface area contributed by atoms with Crippen LogP contribution < -0.4 is 0 Å². The van der Waals surface area contributed by atoms with Crippen LogP contribution in [0.15, 0.2) is 84.8 Å². The Kier molecular flexibility index (Phi) is 4.65. The molecule has 0 spiro atoms. The molecule has 1 N–H and O–H groups in total. The van der Waals surface area contributed by atoms with Crippen molar-refractivity contribution in [1.29, 1.82) is 0 Å². The quantitative estimate of drug-likeness (QED) is 0.712. The number of carbonyl (C=O) groups is 1. The standard InChI is InChI=1S/C22H17ClN2O2/c23-17-11-9-16(10-12-17)20-19(15-6-2-1-3-7-15)21(26)22(27)25(20)14-18-8-4-5-13-24-18/h1-13,20,26H,14H2/t20-/m1/s1. The first-order valence-electron chi connectivity index (χ1n) is 8.60. The first kappa shape index (κ1) is 17.3. The second-order valence-corrected chi connectivity index (χ2v) is 6.77. The van der Waals surface area contributed by atoms with Crippen molar-refractivity contribution in [1.82, 2.24) is 9.88 Å². The summed E-state index contributed by atoms with van der Waals surface area (Å²) in [6.07, 6.45) is 1.69. The van der Waals surface area contributed by atoms with Crippen LogP contribution in [0.25, 0.3) is 5.57 Å².